The van der Waals surface area contributed by atoms with E-state index in [1.165, 1.54) is 0 Å². The van der Waals surface area contributed by atoms with Crippen molar-refractivity contribution in [3.63, 3.8) is 0 Å². The van der Waals surface area contributed by atoms with Crippen LogP contribution in [0.4, 0.5) is 0 Å². The van der Waals surface area contributed by atoms with Crippen LogP contribution in [0.25, 0.3) is 0 Å². The van der Waals surface area contributed by atoms with Crippen LogP contribution < -0.4 is 20.1 Å². The van der Waals surface area contributed by atoms with E-state index in [0.717, 1.165) is 31.2 Å². The first-order chi connectivity index (χ1) is 15.1. The number of carbonyl (C=O) groups excluding carboxylic acids is 2. The summed E-state index contributed by atoms with van der Waals surface area (Å²) in [5.41, 5.74) is 0.956. The van der Waals surface area contributed by atoms with Gasteiger partial charge in [0, 0.05) is 43.3 Å². The van der Waals surface area contributed by atoms with Crippen molar-refractivity contribution >= 4 is 11.8 Å². The predicted molar refractivity (Wildman–Crippen MR) is 114 cm³/mol. The molecule has 3 aliphatic carbocycles. The number of pyridine rings is 1. The Bertz CT molecular complexity index is 996. The summed E-state index contributed by atoms with van der Waals surface area (Å²) < 4.78 is 11.7. The maximum Gasteiger partial charge on any atom is 0.258 e. The van der Waals surface area contributed by atoms with Gasteiger partial charge >= 0.3 is 0 Å². The molecule has 1 aromatic carbocycles. The smallest absolute Gasteiger partial charge is 0.258 e. The number of hydrogen-bond acceptors (Lipinski definition) is 5. The summed E-state index contributed by atoms with van der Waals surface area (Å²) in [6, 6.07) is 9.21. The van der Waals surface area contributed by atoms with E-state index in [2.05, 4.69) is 15.6 Å². The molecule has 2 N–H and O–H groups in total. The molecule has 162 valence electrons. The minimum atomic E-state index is -0.729. The number of hydrogen-bond donors (Lipinski definition) is 2. The SMILES string of the molecule is COc1ccc2c(c1)O[C@@]1(C[C@H]3CC[C@@H]1C[C@@H]3C(=O)NCCc1ccncc1)NC2=O. The lowest BCUT2D eigenvalue weighted by molar-refractivity contribution is -0.146. The molecule has 1 spiro atoms. The molecule has 2 aromatic rings. The van der Waals surface area contributed by atoms with Crippen LogP contribution >= 0.6 is 0 Å². The largest absolute Gasteiger partial charge is 0.497 e. The molecule has 3 saturated carbocycles. The Morgan fingerprint density at radius 2 is 2.13 bits per heavy atom. The molecule has 1 aliphatic heterocycles. The van der Waals surface area contributed by atoms with E-state index < -0.39 is 5.72 Å². The zero-order valence-corrected chi connectivity index (χ0v) is 17.6. The van der Waals surface area contributed by atoms with Crippen LogP contribution in [0.3, 0.4) is 0 Å². The predicted octanol–water partition coefficient (Wildman–Crippen LogP) is 2.70. The average Bonchev–Trinajstić information content (AvgIpc) is 2.79. The van der Waals surface area contributed by atoms with Gasteiger partial charge in [0.25, 0.3) is 5.91 Å². The molecule has 2 bridgehead atoms. The van der Waals surface area contributed by atoms with Gasteiger partial charge in [-0.2, -0.15) is 0 Å². The molecule has 0 unspecified atom stereocenters. The number of ether oxygens (including phenoxy) is 2. The van der Waals surface area contributed by atoms with E-state index in [-0.39, 0.29) is 29.6 Å². The molecule has 4 aliphatic rings. The molecule has 3 fully saturated rings. The Labute approximate surface area is 181 Å². The Balaban J connectivity index is 1.26. The fourth-order valence-corrected chi connectivity index (χ4v) is 5.45. The number of amides is 2. The van der Waals surface area contributed by atoms with Gasteiger partial charge in [0.05, 0.1) is 12.7 Å². The third kappa shape index (κ3) is 3.62. The highest BCUT2D eigenvalue weighted by atomic mass is 16.5. The monoisotopic (exact) mass is 421 g/mol. The molecular weight excluding hydrogens is 394 g/mol. The van der Waals surface area contributed by atoms with Crippen LogP contribution in [0.15, 0.2) is 42.7 Å². The summed E-state index contributed by atoms with van der Waals surface area (Å²) >= 11 is 0. The first-order valence-electron chi connectivity index (χ1n) is 10.9. The van der Waals surface area contributed by atoms with Gasteiger partial charge in [-0.25, -0.2) is 0 Å². The quantitative estimate of drug-likeness (QED) is 0.775. The van der Waals surface area contributed by atoms with Crippen molar-refractivity contribution in [2.24, 2.45) is 17.8 Å². The number of aromatic nitrogens is 1. The summed E-state index contributed by atoms with van der Waals surface area (Å²) in [5.74, 6) is 1.49. The minimum Gasteiger partial charge on any atom is -0.497 e. The second-order valence-corrected chi connectivity index (χ2v) is 8.78. The zero-order valence-electron chi connectivity index (χ0n) is 17.6. The van der Waals surface area contributed by atoms with Gasteiger partial charge in [-0.05, 0) is 61.4 Å². The van der Waals surface area contributed by atoms with Crippen LogP contribution in [0.1, 0.15) is 41.6 Å². The van der Waals surface area contributed by atoms with Crippen molar-refractivity contribution in [3.8, 4) is 11.5 Å². The first-order valence-corrected chi connectivity index (χ1v) is 10.9. The lowest BCUT2D eigenvalue weighted by atomic mass is 9.60. The molecule has 2 heterocycles. The van der Waals surface area contributed by atoms with E-state index in [0.29, 0.717) is 30.0 Å². The number of carbonyl (C=O) groups is 2. The fourth-order valence-electron chi connectivity index (χ4n) is 5.45. The lowest BCUT2D eigenvalue weighted by Gasteiger charge is -2.55. The first kappa shape index (κ1) is 19.8. The minimum absolute atomic E-state index is 0.0333. The summed E-state index contributed by atoms with van der Waals surface area (Å²) in [6.45, 7) is 0.613. The van der Waals surface area contributed by atoms with Crippen molar-refractivity contribution < 1.29 is 19.1 Å². The number of benzene rings is 1. The van der Waals surface area contributed by atoms with Gasteiger partial charge in [-0.1, -0.05) is 0 Å². The Morgan fingerprint density at radius 3 is 2.87 bits per heavy atom. The van der Waals surface area contributed by atoms with Crippen molar-refractivity contribution in [2.45, 2.75) is 37.8 Å². The maximum absolute atomic E-state index is 12.9. The van der Waals surface area contributed by atoms with Crippen LogP contribution in [-0.4, -0.2) is 36.2 Å². The molecule has 0 saturated heterocycles. The second kappa shape index (κ2) is 7.87. The summed E-state index contributed by atoms with van der Waals surface area (Å²) in [7, 11) is 1.60. The molecule has 1 aromatic heterocycles. The summed E-state index contributed by atoms with van der Waals surface area (Å²) in [6.07, 6.45) is 7.64. The number of fused-ring (bicyclic) bond motifs is 3. The maximum atomic E-state index is 12.9. The molecule has 4 atom stereocenters. The van der Waals surface area contributed by atoms with E-state index in [1.54, 1.807) is 37.7 Å². The Morgan fingerprint density at radius 1 is 1.29 bits per heavy atom. The van der Waals surface area contributed by atoms with Crippen molar-refractivity contribution in [1.29, 1.82) is 0 Å². The van der Waals surface area contributed by atoms with Crippen LogP contribution in [-0.2, 0) is 11.2 Å². The zero-order chi connectivity index (χ0) is 21.4. The lowest BCUT2D eigenvalue weighted by Crippen LogP contribution is -2.67. The highest BCUT2D eigenvalue weighted by Gasteiger charge is 2.57. The molecule has 0 radical (unpaired) electrons. The van der Waals surface area contributed by atoms with Gasteiger partial charge in [0.1, 0.15) is 11.5 Å². The van der Waals surface area contributed by atoms with Gasteiger partial charge in [-0.15, -0.1) is 0 Å². The number of nitrogens with one attached hydrogen (secondary N) is 2. The van der Waals surface area contributed by atoms with Gasteiger partial charge < -0.3 is 20.1 Å². The summed E-state index contributed by atoms with van der Waals surface area (Å²) in [5, 5.41) is 6.25. The third-order valence-corrected chi connectivity index (χ3v) is 7.07. The van der Waals surface area contributed by atoms with Gasteiger partial charge in [0.15, 0.2) is 5.72 Å². The van der Waals surface area contributed by atoms with Crippen molar-refractivity contribution in [3.05, 3.63) is 53.9 Å². The highest BCUT2D eigenvalue weighted by Crippen LogP contribution is 2.52. The molecular formula is C24H27N3O4. The number of rotatable bonds is 5. The molecule has 6 rings (SSSR count). The topological polar surface area (TPSA) is 89.6 Å². The van der Waals surface area contributed by atoms with Crippen LogP contribution in [0, 0.1) is 17.8 Å². The molecule has 7 nitrogen and oxygen atoms in total. The van der Waals surface area contributed by atoms with E-state index in [1.807, 2.05) is 12.1 Å². The normalized spacial score (nSPS) is 28.4. The van der Waals surface area contributed by atoms with Gasteiger partial charge in [0.2, 0.25) is 5.91 Å². The van der Waals surface area contributed by atoms with Crippen LogP contribution in [0.2, 0.25) is 0 Å². The average molecular weight is 421 g/mol. The summed E-state index contributed by atoms with van der Waals surface area (Å²) in [4.78, 5) is 29.8. The number of methoxy groups -OCH3 is 1. The fraction of sp³-hybridized carbons (Fsp3) is 0.458. The second-order valence-electron chi connectivity index (χ2n) is 8.78. The molecule has 7 heteroatoms. The number of nitrogens with zero attached hydrogens (tertiary/aromatic N) is 1. The van der Waals surface area contributed by atoms with E-state index >= 15 is 0 Å². The Hall–Kier alpha value is -3.09. The van der Waals surface area contributed by atoms with Crippen molar-refractivity contribution in [2.75, 3.05) is 13.7 Å². The molecule has 2 amide bonds. The Kier molecular flexibility index (Phi) is 5.04. The van der Waals surface area contributed by atoms with Crippen molar-refractivity contribution in [1.82, 2.24) is 15.6 Å². The highest BCUT2D eigenvalue weighted by molar-refractivity contribution is 5.98. The van der Waals surface area contributed by atoms with E-state index in [4.69, 9.17) is 9.47 Å². The molecule has 31 heavy (non-hydrogen) atoms. The van der Waals surface area contributed by atoms with Gasteiger partial charge in [-0.3, -0.25) is 14.6 Å². The van der Waals surface area contributed by atoms with E-state index in [9.17, 15) is 9.59 Å². The third-order valence-electron chi connectivity index (χ3n) is 7.07. The standard InChI is InChI=1S/C24H27N3O4/c1-30-18-4-5-19-21(13-18)31-24(27-23(19)29)14-16-2-3-17(24)12-20(16)22(28)26-11-8-15-6-9-25-10-7-15/h4-7,9-10,13,16-17,20H,2-3,8,11-12,14H2,1H3,(H,26,28)(H,27,29)/t16-,17-,20+,24-/m1/s1. The van der Waals surface area contributed by atoms with Crippen LogP contribution in [0.5, 0.6) is 11.5 Å².